The molecule has 0 bridgehead atoms. The van der Waals surface area contributed by atoms with Gasteiger partial charge in [-0.2, -0.15) is 0 Å². The van der Waals surface area contributed by atoms with Crippen LogP contribution < -0.4 is 5.32 Å². The zero-order valence-electron chi connectivity index (χ0n) is 16.6. The summed E-state index contributed by atoms with van der Waals surface area (Å²) < 4.78 is 0. The Morgan fingerprint density at radius 3 is 2.90 bits per heavy atom. The van der Waals surface area contributed by atoms with Gasteiger partial charge in [0.1, 0.15) is 11.5 Å². The van der Waals surface area contributed by atoms with Crippen molar-refractivity contribution in [3.05, 3.63) is 77.2 Å². The van der Waals surface area contributed by atoms with E-state index in [1.54, 1.807) is 17.5 Å². The van der Waals surface area contributed by atoms with Crippen LogP contribution in [0, 0.1) is 6.92 Å². The molecule has 0 radical (unpaired) electrons. The van der Waals surface area contributed by atoms with Crippen LogP contribution in [-0.2, 0) is 0 Å². The van der Waals surface area contributed by atoms with Crippen molar-refractivity contribution in [2.24, 2.45) is 0 Å². The summed E-state index contributed by atoms with van der Waals surface area (Å²) in [6.45, 7) is 2.73. The van der Waals surface area contributed by atoms with Gasteiger partial charge >= 0.3 is 0 Å². The summed E-state index contributed by atoms with van der Waals surface area (Å²) in [5.74, 6) is 0.703. The first-order valence-corrected chi connectivity index (χ1v) is 10.8. The van der Waals surface area contributed by atoms with Gasteiger partial charge in [-0.15, -0.1) is 11.3 Å². The molecule has 0 aliphatic carbocycles. The molecule has 5 rings (SSSR count). The Morgan fingerprint density at radius 2 is 2.03 bits per heavy atom. The number of aryl methyl sites for hydroxylation is 1. The first-order chi connectivity index (χ1) is 14.7. The van der Waals surface area contributed by atoms with E-state index in [1.807, 2.05) is 66.6 Å². The largest absolute Gasteiger partial charge is 0.329 e. The second kappa shape index (κ2) is 7.84. The number of hydrogen-bond donors (Lipinski definition) is 1. The molecule has 4 heterocycles. The highest BCUT2D eigenvalue weighted by Gasteiger charge is 2.33. The van der Waals surface area contributed by atoms with Crippen molar-refractivity contribution < 1.29 is 4.79 Å². The topological polar surface area (TPSA) is 71.0 Å². The van der Waals surface area contributed by atoms with Crippen molar-refractivity contribution in [1.82, 2.24) is 19.9 Å². The number of hydrogen-bond acceptors (Lipinski definition) is 6. The third kappa shape index (κ3) is 3.52. The highest BCUT2D eigenvalue weighted by atomic mass is 32.1. The Kier molecular flexibility index (Phi) is 4.88. The fourth-order valence-corrected chi connectivity index (χ4v) is 4.64. The molecule has 1 N–H and O–H groups in total. The molecular formula is C23H21N5OS. The normalized spacial score (nSPS) is 16.2. The van der Waals surface area contributed by atoms with Crippen molar-refractivity contribution >= 4 is 39.0 Å². The molecular weight excluding hydrogens is 394 g/mol. The van der Waals surface area contributed by atoms with Crippen LogP contribution in [0.3, 0.4) is 0 Å². The second-order valence-corrected chi connectivity index (χ2v) is 8.62. The average molecular weight is 416 g/mol. The number of nitrogens with one attached hydrogen (secondary N) is 1. The number of carbonyl (C=O) groups excluding carboxylic acids is 1. The maximum absolute atomic E-state index is 13.4. The molecule has 1 saturated heterocycles. The van der Waals surface area contributed by atoms with Crippen molar-refractivity contribution in [2.75, 3.05) is 11.9 Å². The molecule has 0 spiro atoms. The molecule has 0 unspecified atom stereocenters. The van der Waals surface area contributed by atoms with Crippen LogP contribution in [0.1, 0.15) is 39.9 Å². The molecule has 0 saturated carbocycles. The third-order valence-corrected chi connectivity index (χ3v) is 6.19. The van der Waals surface area contributed by atoms with Gasteiger partial charge in [0.15, 0.2) is 5.13 Å². The Labute approximate surface area is 178 Å². The van der Waals surface area contributed by atoms with E-state index in [1.165, 1.54) is 0 Å². The van der Waals surface area contributed by atoms with Gasteiger partial charge in [-0.05, 0) is 43.4 Å². The summed E-state index contributed by atoms with van der Waals surface area (Å²) in [5.41, 5.74) is 1.40. The van der Waals surface area contributed by atoms with E-state index in [0.717, 1.165) is 45.1 Å². The van der Waals surface area contributed by atoms with E-state index in [0.29, 0.717) is 12.2 Å². The van der Waals surface area contributed by atoms with Gasteiger partial charge < -0.3 is 10.2 Å². The minimum absolute atomic E-state index is 0.0370. The minimum atomic E-state index is -0.0574. The quantitative estimate of drug-likeness (QED) is 0.501. The number of pyridine rings is 2. The molecule has 1 aliphatic rings. The Balaban J connectivity index is 1.44. The van der Waals surface area contributed by atoms with E-state index in [4.69, 9.17) is 4.98 Å². The molecule has 1 amide bonds. The highest BCUT2D eigenvalue weighted by Crippen LogP contribution is 2.34. The maximum atomic E-state index is 13.4. The van der Waals surface area contributed by atoms with E-state index in [-0.39, 0.29) is 11.9 Å². The lowest BCUT2D eigenvalue weighted by Crippen LogP contribution is -2.31. The fourth-order valence-electron chi connectivity index (χ4n) is 3.97. The van der Waals surface area contributed by atoms with Crippen molar-refractivity contribution in [2.45, 2.75) is 25.8 Å². The molecule has 1 aromatic carbocycles. The molecule has 3 aromatic heterocycles. The number of anilines is 2. The smallest absolute Gasteiger partial charge is 0.273 e. The second-order valence-electron chi connectivity index (χ2n) is 7.39. The molecule has 30 heavy (non-hydrogen) atoms. The predicted octanol–water partition coefficient (Wildman–Crippen LogP) is 5.12. The molecule has 6 nitrogen and oxygen atoms in total. The lowest BCUT2D eigenvalue weighted by atomic mass is 10.1. The molecule has 1 atom stereocenters. The van der Waals surface area contributed by atoms with Gasteiger partial charge in [-0.3, -0.25) is 9.78 Å². The number of carbonyl (C=O) groups is 1. The SMILES string of the molecule is Cc1cnc(Nc2cccc([C@H]3CCCN3C(=O)c3nccc4ccccc34)n2)s1. The summed E-state index contributed by atoms with van der Waals surface area (Å²) in [7, 11) is 0. The van der Waals surface area contributed by atoms with Crippen molar-refractivity contribution in [3.8, 4) is 0 Å². The van der Waals surface area contributed by atoms with Gasteiger partial charge in [0.25, 0.3) is 5.91 Å². The summed E-state index contributed by atoms with van der Waals surface area (Å²) in [6.07, 6.45) is 5.39. The fraction of sp³-hybridized carbons (Fsp3) is 0.217. The van der Waals surface area contributed by atoms with Crippen LogP contribution in [0.4, 0.5) is 10.9 Å². The molecule has 150 valence electrons. The molecule has 4 aromatic rings. The van der Waals surface area contributed by atoms with Crippen LogP contribution in [0.5, 0.6) is 0 Å². The van der Waals surface area contributed by atoms with Crippen LogP contribution in [0.2, 0.25) is 0 Å². The van der Waals surface area contributed by atoms with Crippen molar-refractivity contribution in [1.29, 1.82) is 0 Å². The van der Waals surface area contributed by atoms with Crippen LogP contribution in [-0.4, -0.2) is 32.3 Å². The highest BCUT2D eigenvalue weighted by molar-refractivity contribution is 7.15. The Bertz CT molecular complexity index is 1220. The number of likely N-dealkylation sites (tertiary alicyclic amines) is 1. The lowest BCUT2D eigenvalue weighted by Gasteiger charge is -2.24. The monoisotopic (exact) mass is 415 g/mol. The number of nitrogens with zero attached hydrogens (tertiary/aromatic N) is 4. The summed E-state index contributed by atoms with van der Waals surface area (Å²) in [4.78, 5) is 30.0. The maximum Gasteiger partial charge on any atom is 0.273 e. The Morgan fingerprint density at radius 1 is 1.13 bits per heavy atom. The average Bonchev–Trinajstić information content (AvgIpc) is 3.42. The van der Waals surface area contributed by atoms with Crippen LogP contribution >= 0.6 is 11.3 Å². The van der Waals surface area contributed by atoms with Crippen LogP contribution in [0.15, 0.2) is 60.9 Å². The van der Waals surface area contributed by atoms with Crippen LogP contribution in [0.25, 0.3) is 10.8 Å². The first-order valence-electron chi connectivity index (χ1n) is 10.0. The number of benzene rings is 1. The third-order valence-electron chi connectivity index (χ3n) is 5.36. The molecule has 1 aliphatic heterocycles. The minimum Gasteiger partial charge on any atom is -0.329 e. The van der Waals surface area contributed by atoms with Gasteiger partial charge in [-0.25, -0.2) is 9.97 Å². The molecule has 1 fully saturated rings. The lowest BCUT2D eigenvalue weighted by molar-refractivity contribution is 0.0729. The Hall–Kier alpha value is -3.32. The van der Waals surface area contributed by atoms with Gasteiger partial charge in [-0.1, -0.05) is 30.3 Å². The number of amides is 1. The number of aromatic nitrogens is 3. The van der Waals surface area contributed by atoms with Gasteiger partial charge in [0.2, 0.25) is 0 Å². The standard InChI is InChI=1S/C23H21N5OS/c1-15-14-25-23(30-15)27-20-10-4-8-18(26-20)19-9-5-13-28(19)22(29)21-17-7-3-2-6-16(17)11-12-24-21/h2-4,6-8,10-12,14,19H,5,9,13H2,1H3,(H,25,26,27)/t19-/m1/s1. The number of thiazole rings is 1. The van der Waals surface area contributed by atoms with Gasteiger partial charge in [0.05, 0.1) is 11.7 Å². The van der Waals surface area contributed by atoms with E-state index in [2.05, 4.69) is 15.3 Å². The van der Waals surface area contributed by atoms with E-state index >= 15 is 0 Å². The summed E-state index contributed by atoms with van der Waals surface area (Å²) >= 11 is 1.59. The number of fused-ring (bicyclic) bond motifs is 1. The van der Waals surface area contributed by atoms with E-state index in [9.17, 15) is 4.79 Å². The van der Waals surface area contributed by atoms with Gasteiger partial charge in [0, 0.05) is 29.2 Å². The number of rotatable bonds is 4. The van der Waals surface area contributed by atoms with Crippen molar-refractivity contribution in [3.63, 3.8) is 0 Å². The zero-order valence-corrected chi connectivity index (χ0v) is 17.4. The van der Waals surface area contributed by atoms with E-state index < -0.39 is 0 Å². The molecule has 7 heteroatoms. The summed E-state index contributed by atoms with van der Waals surface area (Å²) in [6, 6.07) is 15.6. The predicted molar refractivity (Wildman–Crippen MR) is 119 cm³/mol. The first kappa shape index (κ1) is 18.7. The summed E-state index contributed by atoms with van der Waals surface area (Å²) in [5, 5.41) is 6.00. The zero-order chi connectivity index (χ0) is 20.5.